The molecule has 1 aliphatic heterocycles. The van der Waals surface area contributed by atoms with Crippen LogP contribution in [0.3, 0.4) is 0 Å². The van der Waals surface area contributed by atoms with Crippen LogP contribution in [0.15, 0.2) is 29.4 Å². The van der Waals surface area contributed by atoms with Gasteiger partial charge in [-0.05, 0) is 11.1 Å². The van der Waals surface area contributed by atoms with Crippen LogP contribution in [0.2, 0.25) is 0 Å². The first-order valence-electron chi connectivity index (χ1n) is 5.44. The minimum absolute atomic E-state index is 0.175. The predicted molar refractivity (Wildman–Crippen MR) is 60.8 cm³/mol. The van der Waals surface area contributed by atoms with E-state index in [0.717, 1.165) is 18.7 Å². The summed E-state index contributed by atoms with van der Waals surface area (Å²) in [6.45, 7) is 2.96. The Morgan fingerprint density at radius 3 is 2.53 bits per heavy atom. The molecule has 0 spiro atoms. The summed E-state index contributed by atoms with van der Waals surface area (Å²) in [7, 11) is 0. The summed E-state index contributed by atoms with van der Waals surface area (Å²) in [5.74, 6) is -1.17. The molecule has 0 bridgehead atoms. The number of aromatic carboxylic acids is 1. The van der Waals surface area contributed by atoms with Gasteiger partial charge in [0.15, 0.2) is 0 Å². The van der Waals surface area contributed by atoms with E-state index >= 15 is 0 Å². The zero-order valence-corrected chi connectivity index (χ0v) is 9.33. The Hall–Kier alpha value is -1.88. The van der Waals surface area contributed by atoms with Crippen LogP contribution in [0.4, 0.5) is 0 Å². The van der Waals surface area contributed by atoms with Gasteiger partial charge in [0.25, 0.3) is 0 Å². The highest BCUT2D eigenvalue weighted by atomic mass is 16.5. The second kappa shape index (κ2) is 5.45. The smallest absolute Gasteiger partial charge is 0.0715 e. The fourth-order valence-electron chi connectivity index (χ4n) is 1.52. The highest BCUT2D eigenvalue weighted by molar-refractivity contribution is 5.87. The van der Waals surface area contributed by atoms with Gasteiger partial charge in [-0.15, -0.1) is 0 Å². The standard InChI is InChI=1S/C12H14N2O3/c15-12(16)11-3-1-10(2-4-11)9-13-14-5-7-17-8-6-14/h1-4,9H,5-8H2,(H,15,16)/p-1/b13-9-. The van der Waals surface area contributed by atoms with Gasteiger partial charge < -0.3 is 14.6 Å². The molecule has 1 saturated heterocycles. The molecule has 5 heteroatoms. The highest BCUT2D eigenvalue weighted by Crippen LogP contribution is 2.03. The molecule has 0 aliphatic carbocycles. The first-order valence-corrected chi connectivity index (χ1v) is 5.44. The molecule has 0 unspecified atom stereocenters. The Morgan fingerprint density at radius 1 is 1.29 bits per heavy atom. The van der Waals surface area contributed by atoms with E-state index in [4.69, 9.17) is 4.74 Å². The van der Waals surface area contributed by atoms with Crippen molar-refractivity contribution >= 4 is 12.2 Å². The largest absolute Gasteiger partial charge is 0.545 e. The summed E-state index contributed by atoms with van der Waals surface area (Å²) < 4.78 is 5.21. The van der Waals surface area contributed by atoms with Crippen molar-refractivity contribution in [2.24, 2.45) is 5.10 Å². The number of carbonyl (C=O) groups excluding carboxylic acids is 1. The molecule has 5 nitrogen and oxygen atoms in total. The minimum atomic E-state index is -1.17. The van der Waals surface area contributed by atoms with Crippen molar-refractivity contribution in [3.63, 3.8) is 0 Å². The molecule has 0 N–H and O–H groups in total. The average Bonchev–Trinajstić information content (AvgIpc) is 2.38. The molecule has 1 fully saturated rings. The quantitative estimate of drug-likeness (QED) is 0.673. The van der Waals surface area contributed by atoms with Crippen LogP contribution in [0.1, 0.15) is 15.9 Å². The summed E-state index contributed by atoms with van der Waals surface area (Å²) in [6, 6.07) is 6.43. The van der Waals surface area contributed by atoms with E-state index in [1.165, 1.54) is 12.1 Å². The number of carbonyl (C=O) groups is 1. The van der Waals surface area contributed by atoms with Gasteiger partial charge in [-0.2, -0.15) is 5.10 Å². The van der Waals surface area contributed by atoms with Crippen molar-refractivity contribution in [2.75, 3.05) is 26.3 Å². The van der Waals surface area contributed by atoms with Crippen LogP contribution in [0, 0.1) is 0 Å². The summed E-state index contributed by atoms with van der Waals surface area (Å²) in [5.41, 5.74) is 1.04. The molecule has 1 aromatic carbocycles. The molecule has 0 amide bonds. The average molecular weight is 233 g/mol. The topological polar surface area (TPSA) is 65.0 Å². The van der Waals surface area contributed by atoms with Crippen LogP contribution in [-0.2, 0) is 4.74 Å². The zero-order chi connectivity index (χ0) is 12.1. The maximum absolute atomic E-state index is 10.6. The van der Waals surface area contributed by atoms with E-state index in [1.807, 2.05) is 5.01 Å². The summed E-state index contributed by atoms with van der Waals surface area (Å²) in [6.07, 6.45) is 1.71. The zero-order valence-electron chi connectivity index (χ0n) is 9.33. The van der Waals surface area contributed by atoms with E-state index in [1.54, 1.807) is 18.3 Å². The molecule has 1 aromatic rings. The number of morpholine rings is 1. The molecule has 0 aromatic heterocycles. The Labute approximate surface area is 99.3 Å². The maximum atomic E-state index is 10.6. The maximum Gasteiger partial charge on any atom is 0.0715 e. The third-order valence-corrected chi connectivity index (χ3v) is 2.50. The molecule has 0 atom stereocenters. The number of hydrogen-bond donors (Lipinski definition) is 0. The first-order chi connectivity index (χ1) is 8.25. The Kier molecular flexibility index (Phi) is 3.72. The minimum Gasteiger partial charge on any atom is -0.545 e. The van der Waals surface area contributed by atoms with Gasteiger partial charge in [0, 0.05) is 0 Å². The third-order valence-electron chi connectivity index (χ3n) is 2.50. The molecule has 1 heterocycles. The molecule has 90 valence electrons. The molecule has 17 heavy (non-hydrogen) atoms. The fraction of sp³-hybridized carbons (Fsp3) is 0.333. The third kappa shape index (κ3) is 3.29. The summed E-state index contributed by atoms with van der Waals surface area (Å²) in [5, 5.41) is 16.8. The second-order valence-corrected chi connectivity index (χ2v) is 3.72. The monoisotopic (exact) mass is 233 g/mol. The van der Waals surface area contributed by atoms with Gasteiger partial charge in [-0.3, -0.25) is 5.01 Å². The van der Waals surface area contributed by atoms with E-state index < -0.39 is 5.97 Å². The summed E-state index contributed by atoms with van der Waals surface area (Å²) in [4.78, 5) is 10.6. The lowest BCUT2D eigenvalue weighted by Crippen LogP contribution is -2.32. The lowest BCUT2D eigenvalue weighted by atomic mass is 10.1. The van der Waals surface area contributed by atoms with Crippen molar-refractivity contribution in [2.45, 2.75) is 0 Å². The number of benzene rings is 1. The molecule has 0 radical (unpaired) electrons. The second-order valence-electron chi connectivity index (χ2n) is 3.72. The molecule has 2 rings (SSSR count). The van der Waals surface area contributed by atoms with Crippen molar-refractivity contribution < 1.29 is 14.6 Å². The number of nitrogens with zero attached hydrogens (tertiary/aromatic N) is 2. The SMILES string of the molecule is O=C([O-])c1ccc(/C=N\N2CCOCC2)cc1. The number of hydrogen-bond acceptors (Lipinski definition) is 5. The Bertz CT molecular complexity index is 408. The lowest BCUT2D eigenvalue weighted by Gasteiger charge is -2.23. The van der Waals surface area contributed by atoms with Gasteiger partial charge in [0.1, 0.15) is 0 Å². The van der Waals surface area contributed by atoms with E-state index in [0.29, 0.717) is 13.2 Å². The molecule has 1 aliphatic rings. The first kappa shape index (κ1) is 11.6. The van der Waals surface area contributed by atoms with Gasteiger partial charge in [-0.1, -0.05) is 24.3 Å². The normalized spacial score (nSPS) is 16.4. The van der Waals surface area contributed by atoms with Gasteiger partial charge in [-0.25, -0.2) is 0 Å². The van der Waals surface area contributed by atoms with Crippen molar-refractivity contribution in [1.82, 2.24) is 5.01 Å². The van der Waals surface area contributed by atoms with E-state index in [9.17, 15) is 9.90 Å². The van der Waals surface area contributed by atoms with Gasteiger partial charge in [0.05, 0.1) is 38.5 Å². The Morgan fingerprint density at radius 2 is 1.94 bits per heavy atom. The van der Waals surface area contributed by atoms with Gasteiger partial charge >= 0.3 is 0 Å². The van der Waals surface area contributed by atoms with Gasteiger partial charge in [0.2, 0.25) is 0 Å². The summed E-state index contributed by atoms with van der Waals surface area (Å²) >= 11 is 0. The van der Waals surface area contributed by atoms with Crippen molar-refractivity contribution in [3.05, 3.63) is 35.4 Å². The highest BCUT2D eigenvalue weighted by Gasteiger charge is 2.05. The van der Waals surface area contributed by atoms with E-state index in [2.05, 4.69) is 5.10 Å². The number of carboxylic acids is 1. The predicted octanol–water partition coefficient (Wildman–Crippen LogP) is -0.284. The van der Waals surface area contributed by atoms with Crippen molar-refractivity contribution in [1.29, 1.82) is 0 Å². The van der Waals surface area contributed by atoms with Crippen LogP contribution >= 0.6 is 0 Å². The number of hydrazone groups is 1. The van der Waals surface area contributed by atoms with Crippen LogP contribution in [0.5, 0.6) is 0 Å². The fourth-order valence-corrected chi connectivity index (χ4v) is 1.52. The van der Waals surface area contributed by atoms with E-state index in [-0.39, 0.29) is 5.56 Å². The van der Waals surface area contributed by atoms with Crippen LogP contribution in [0.25, 0.3) is 0 Å². The Balaban J connectivity index is 1.98. The molecular formula is C12H13N2O3-. The molecular weight excluding hydrogens is 220 g/mol. The lowest BCUT2D eigenvalue weighted by molar-refractivity contribution is -0.255. The molecule has 0 saturated carbocycles. The van der Waals surface area contributed by atoms with Crippen LogP contribution < -0.4 is 5.11 Å². The number of carboxylic acid groups (broad SMARTS) is 1. The number of rotatable bonds is 3. The van der Waals surface area contributed by atoms with Crippen LogP contribution in [-0.4, -0.2) is 43.5 Å². The van der Waals surface area contributed by atoms with Crippen molar-refractivity contribution in [3.8, 4) is 0 Å². The number of ether oxygens (including phenoxy) is 1.